The predicted octanol–water partition coefficient (Wildman–Crippen LogP) is 2.48. The molecule has 0 amide bonds. The maximum Gasteiger partial charge on any atom is 0.372 e. The zero-order valence-corrected chi connectivity index (χ0v) is 11.0. The summed E-state index contributed by atoms with van der Waals surface area (Å²) in [6.07, 6.45) is 0.968. The van der Waals surface area contributed by atoms with E-state index in [1.165, 1.54) is 0 Å². The Kier molecular flexibility index (Phi) is 3.89. The fraction of sp³-hybridized carbons (Fsp3) is 0.0769. The van der Waals surface area contributed by atoms with Crippen molar-refractivity contribution >= 4 is 17.6 Å². The van der Waals surface area contributed by atoms with E-state index < -0.39 is 39.7 Å². The molecule has 8 nitrogen and oxygen atoms in total. The molecule has 0 radical (unpaired) electrons. The van der Waals surface area contributed by atoms with Crippen LogP contribution in [0.15, 0.2) is 28.9 Å². The molecule has 0 saturated carbocycles. The van der Waals surface area contributed by atoms with Crippen LogP contribution in [0.2, 0.25) is 0 Å². The van der Waals surface area contributed by atoms with Crippen molar-refractivity contribution in [1.29, 1.82) is 0 Å². The summed E-state index contributed by atoms with van der Waals surface area (Å²) in [5.41, 5.74) is -2.02. The van der Waals surface area contributed by atoms with E-state index in [-0.39, 0.29) is 11.1 Å². The van der Waals surface area contributed by atoms with E-state index >= 15 is 0 Å². The first-order valence-corrected chi connectivity index (χ1v) is 5.74. The molecule has 0 spiro atoms. The van der Waals surface area contributed by atoms with Crippen LogP contribution in [0.25, 0.3) is 11.1 Å². The van der Waals surface area contributed by atoms with Crippen LogP contribution < -0.4 is 0 Å². The van der Waals surface area contributed by atoms with Gasteiger partial charge >= 0.3 is 11.9 Å². The minimum Gasteiger partial charge on any atom is -0.475 e. The Morgan fingerprint density at radius 2 is 2.09 bits per heavy atom. The van der Waals surface area contributed by atoms with Gasteiger partial charge in [0.1, 0.15) is 5.82 Å². The number of carbonyl (C=O) groups is 2. The fourth-order valence-electron chi connectivity index (χ4n) is 1.91. The van der Waals surface area contributed by atoms with Gasteiger partial charge in [0, 0.05) is 11.6 Å². The Bertz CT molecular complexity index is 781. The Morgan fingerprint density at radius 3 is 2.64 bits per heavy atom. The quantitative estimate of drug-likeness (QED) is 0.523. The van der Waals surface area contributed by atoms with Crippen LogP contribution in [0.1, 0.15) is 20.9 Å². The summed E-state index contributed by atoms with van der Waals surface area (Å²) in [5, 5.41) is 20.1. The molecule has 0 unspecified atom stereocenters. The van der Waals surface area contributed by atoms with Crippen molar-refractivity contribution in [3.05, 3.63) is 51.7 Å². The average molecular weight is 309 g/mol. The Morgan fingerprint density at radius 1 is 1.41 bits per heavy atom. The number of methoxy groups -OCH3 is 1. The lowest BCUT2D eigenvalue weighted by Crippen LogP contribution is -2.06. The molecule has 0 bridgehead atoms. The van der Waals surface area contributed by atoms with Crippen LogP contribution in [0.4, 0.5) is 10.1 Å². The summed E-state index contributed by atoms with van der Waals surface area (Å²) in [6, 6.07) is 2.63. The van der Waals surface area contributed by atoms with Crippen molar-refractivity contribution in [3.8, 4) is 11.1 Å². The average Bonchev–Trinajstić information content (AvgIpc) is 2.94. The van der Waals surface area contributed by atoms with E-state index in [1.807, 2.05) is 0 Å². The van der Waals surface area contributed by atoms with E-state index in [1.54, 1.807) is 0 Å². The van der Waals surface area contributed by atoms with Crippen molar-refractivity contribution in [2.24, 2.45) is 0 Å². The normalized spacial score (nSPS) is 10.3. The van der Waals surface area contributed by atoms with Gasteiger partial charge in [-0.15, -0.1) is 0 Å². The third kappa shape index (κ3) is 2.51. The van der Waals surface area contributed by atoms with E-state index in [4.69, 9.17) is 5.11 Å². The van der Waals surface area contributed by atoms with Crippen LogP contribution in [0, 0.1) is 15.9 Å². The van der Waals surface area contributed by atoms with E-state index in [0.717, 1.165) is 31.6 Å². The number of nitrogens with zero attached hydrogens (tertiary/aromatic N) is 1. The number of nitro benzene ring substituents is 1. The Labute approximate surface area is 121 Å². The van der Waals surface area contributed by atoms with Gasteiger partial charge in [0.2, 0.25) is 5.76 Å². The van der Waals surface area contributed by atoms with Gasteiger partial charge in [-0.2, -0.15) is 0 Å². The molecule has 1 N–H and O–H groups in total. The molecule has 0 aliphatic heterocycles. The lowest BCUT2D eigenvalue weighted by atomic mass is 10.0. The standard InChI is InChI=1S/C13H8FNO7/c1-21-13(18)6-4-8(14)10(9(5-6)15(19)20)7-2-3-22-11(7)12(16)17/h2-5H,1H3,(H,16,17). The van der Waals surface area contributed by atoms with Gasteiger partial charge in [0.05, 0.1) is 29.4 Å². The fourth-order valence-corrected chi connectivity index (χ4v) is 1.91. The molecule has 1 aromatic carbocycles. The number of furan rings is 1. The first-order valence-electron chi connectivity index (χ1n) is 5.74. The molecule has 0 saturated heterocycles. The van der Waals surface area contributed by atoms with Crippen molar-refractivity contribution in [2.75, 3.05) is 7.11 Å². The minimum atomic E-state index is -1.51. The number of carboxylic acids is 1. The highest BCUT2D eigenvalue weighted by Gasteiger charge is 2.28. The van der Waals surface area contributed by atoms with Gasteiger partial charge in [-0.25, -0.2) is 14.0 Å². The third-order valence-corrected chi connectivity index (χ3v) is 2.82. The van der Waals surface area contributed by atoms with Crippen LogP contribution >= 0.6 is 0 Å². The molecule has 22 heavy (non-hydrogen) atoms. The molecular formula is C13H8FNO7. The number of halogens is 1. The highest BCUT2D eigenvalue weighted by atomic mass is 19.1. The van der Waals surface area contributed by atoms with Gasteiger partial charge in [0.15, 0.2) is 0 Å². The summed E-state index contributed by atoms with van der Waals surface area (Å²) in [4.78, 5) is 32.6. The van der Waals surface area contributed by atoms with Crippen molar-refractivity contribution in [1.82, 2.24) is 0 Å². The highest BCUT2D eigenvalue weighted by molar-refractivity contribution is 5.97. The maximum atomic E-state index is 14.2. The summed E-state index contributed by atoms with van der Waals surface area (Å²) in [5.74, 6) is -4.25. The zero-order valence-electron chi connectivity index (χ0n) is 11.0. The van der Waals surface area contributed by atoms with Crippen molar-refractivity contribution < 1.29 is 33.2 Å². The van der Waals surface area contributed by atoms with Crippen molar-refractivity contribution in [2.45, 2.75) is 0 Å². The molecule has 0 atom stereocenters. The van der Waals surface area contributed by atoms with E-state index in [9.17, 15) is 24.1 Å². The van der Waals surface area contributed by atoms with Gasteiger partial charge in [0.25, 0.3) is 5.69 Å². The number of carboxylic acid groups (broad SMARTS) is 1. The maximum absolute atomic E-state index is 14.2. The zero-order chi connectivity index (χ0) is 16.4. The summed E-state index contributed by atoms with van der Waals surface area (Å²) in [6.45, 7) is 0. The molecule has 2 aromatic rings. The number of esters is 1. The second-order valence-corrected chi connectivity index (χ2v) is 4.07. The molecule has 114 valence electrons. The molecule has 0 aliphatic carbocycles. The summed E-state index contributed by atoms with van der Waals surface area (Å²) in [7, 11) is 1.04. The van der Waals surface area contributed by atoms with Gasteiger partial charge in [-0.05, 0) is 12.1 Å². The number of nitro groups is 1. The van der Waals surface area contributed by atoms with Crippen molar-refractivity contribution in [3.63, 3.8) is 0 Å². The Hall–Kier alpha value is -3.23. The lowest BCUT2D eigenvalue weighted by molar-refractivity contribution is -0.384. The first kappa shape index (κ1) is 15.2. The highest BCUT2D eigenvalue weighted by Crippen LogP contribution is 2.36. The number of carbonyl (C=O) groups excluding carboxylic acids is 1. The number of ether oxygens (including phenoxy) is 1. The van der Waals surface area contributed by atoms with Gasteiger partial charge < -0.3 is 14.3 Å². The third-order valence-electron chi connectivity index (χ3n) is 2.82. The van der Waals surface area contributed by atoms with Crippen LogP contribution in [-0.4, -0.2) is 29.1 Å². The lowest BCUT2D eigenvalue weighted by Gasteiger charge is -2.06. The smallest absolute Gasteiger partial charge is 0.372 e. The molecule has 2 rings (SSSR count). The van der Waals surface area contributed by atoms with Crippen LogP contribution in [0.5, 0.6) is 0 Å². The molecule has 1 aromatic heterocycles. The summed E-state index contributed by atoms with van der Waals surface area (Å²) >= 11 is 0. The summed E-state index contributed by atoms with van der Waals surface area (Å²) < 4.78 is 23.3. The van der Waals surface area contributed by atoms with Gasteiger partial charge in [-0.3, -0.25) is 10.1 Å². The number of rotatable bonds is 4. The monoisotopic (exact) mass is 309 g/mol. The number of aromatic carboxylic acids is 1. The predicted molar refractivity (Wildman–Crippen MR) is 69.1 cm³/mol. The molecule has 0 fully saturated rings. The van der Waals surface area contributed by atoms with Crippen LogP contribution in [0.3, 0.4) is 0 Å². The van der Waals surface area contributed by atoms with E-state index in [2.05, 4.69) is 9.15 Å². The van der Waals surface area contributed by atoms with Gasteiger partial charge in [-0.1, -0.05) is 0 Å². The molecule has 0 aliphatic rings. The number of benzene rings is 1. The van der Waals surface area contributed by atoms with E-state index in [0.29, 0.717) is 0 Å². The SMILES string of the molecule is COC(=O)c1cc(F)c(-c2ccoc2C(=O)O)c([N+](=O)[O-])c1. The molecule has 9 heteroatoms. The second kappa shape index (κ2) is 5.64. The molecular weight excluding hydrogens is 301 g/mol. The number of hydrogen-bond donors (Lipinski definition) is 1. The first-order chi connectivity index (χ1) is 10.4. The largest absolute Gasteiger partial charge is 0.475 e. The topological polar surface area (TPSA) is 120 Å². The molecule has 1 heterocycles. The van der Waals surface area contributed by atoms with Crippen LogP contribution in [-0.2, 0) is 4.74 Å². The number of hydrogen-bond acceptors (Lipinski definition) is 6. The Balaban J connectivity index is 2.75. The second-order valence-electron chi connectivity index (χ2n) is 4.07. The minimum absolute atomic E-state index is 0.298.